The summed E-state index contributed by atoms with van der Waals surface area (Å²) in [5.41, 5.74) is 1.14. The van der Waals surface area contributed by atoms with Gasteiger partial charge >= 0.3 is 0 Å². The number of carbonyl (C=O) groups is 1. The van der Waals surface area contributed by atoms with E-state index in [0.717, 1.165) is 70.2 Å². The minimum Gasteiger partial charge on any atom is -0.347 e. The number of likely N-dealkylation sites (tertiary alicyclic amines) is 1. The van der Waals surface area contributed by atoms with Gasteiger partial charge in [-0.05, 0) is 12.8 Å². The molecule has 0 aliphatic carbocycles. The molecule has 24 heavy (non-hydrogen) atoms. The third kappa shape index (κ3) is 4.42. The summed E-state index contributed by atoms with van der Waals surface area (Å²) in [6.07, 6.45) is 6.14. The Hall–Kier alpha value is -1.73. The van der Waals surface area contributed by atoms with E-state index in [0.29, 0.717) is 12.5 Å². The SMILES string of the molecule is CN(C)c1ncc(CN2CCN(CC(=O)N3CCCC3)CC2)cn1. The second-order valence-electron chi connectivity index (χ2n) is 6.93. The molecule has 7 nitrogen and oxygen atoms in total. The number of piperazine rings is 1. The first-order valence-electron chi connectivity index (χ1n) is 8.82. The van der Waals surface area contributed by atoms with Crippen molar-refractivity contribution < 1.29 is 4.79 Å². The molecule has 0 spiro atoms. The average molecular weight is 332 g/mol. The van der Waals surface area contributed by atoms with Crippen molar-refractivity contribution >= 4 is 11.9 Å². The monoisotopic (exact) mass is 332 g/mol. The van der Waals surface area contributed by atoms with E-state index >= 15 is 0 Å². The van der Waals surface area contributed by atoms with Crippen LogP contribution in [0.4, 0.5) is 5.95 Å². The maximum atomic E-state index is 12.2. The average Bonchev–Trinajstić information content (AvgIpc) is 3.12. The van der Waals surface area contributed by atoms with Gasteiger partial charge in [0.05, 0.1) is 6.54 Å². The lowest BCUT2D eigenvalue weighted by Gasteiger charge is -2.34. The van der Waals surface area contributed by atoms with E-state index in [1.54, 1.807) is 0 Å². The van der Waals surface area contributed by atoms with Gasteiger partial charge in [0.1, 0.15) is 0 Å². The first-order chi connectivity index (χ1) is 11.6. The van der Waals surface area contributed by atoms with Crippen molar-refractivity contribution in [3.05, 3.63) is 18.0 Å². The number of nitrogens with zero attached hydrogens (tertiary/aromatic N) is 6. The highest BCUT2D eigenvalue weighted by Gasteiger charge is 2.23. The van der Waals surface area contributed by atoms with Crippen molar-refractivity contribution in [1.82, 2.24) is 24.7 Å². The summed E-state index contributed by atoms with van der Waals surface area (Å²) in [5.74, 6) is 1.04. The Morgan fingerprint density at radius 1 is 1.00 bits per heavy atom. The fourth-order valence-electron chi connectivity index (χ4n) is 3.28. The summed E-state index contributed by atoms with van der Waals surface area (Å²) in [6.45, 7) is 7.23. The van der Waals surface area contributed by atoms with Gasteiger partial charge in [0, 0.05) is 77.9 Å². The smallest absolute Gasteiger partial charge is 0.236 e. The van der Waals surface area contributed by atoms with Crippen molar-refractivity contribution in [2.75, 3.05) is 64.8 Å². The maximum Gasteiger partial charge on any atom is 0.236 e. The number of carbonyl (C=O) groups excluding carboxylic acids is 1. The van der Waals surface area contributed by atoms with Crippen LogP contribution < -0.4 is 4.90 Å². The predicted octanol–water partition coefficient (Wildman–Crippen LogP) is 0.283. The lowest BCUT2D eigenvalue weighted by Crippen LogP contribution is -2.49. The molecular formula is C17H28N6O. The van der Waals surface area contributed by atoms with Crippen LogP contribution >= 0.6 is 0 Å². The number of hydrogen-bond donors (Lipinski definition) is 0. The molecule has 2 fully saturated rings. The summed E-state index contributed by atoms with van der Waals surface area (Å²) in [5, 5.41) is 0. The first-order valence-corrected chi connectivity index (χ1v) is 8.82. The molecular weight excluding hydrogens is 304 g/mol. The second-order valence-corrected chi connectivity index (χ2v) is 6.93. The summed E-state index contributed by atoms with van der Waals surface area (Å²) in [7, 11) is 3.88. The molecule has 7 heteroatoms. The fourth-order valence-corrected chi connectivity index (χ4v) is 3.28. The number of anilines is 1. The molecule has 3 heterocycles. The maximum absolute atomic E-state index is 12.2. The summed E-state index contributed by atoms with van der Waals surface area (Å²) >= 11 is 0. The van der Waals surface area contributed by atoms with Crippen LogP contribution in [0.2, 0.25) is 0 Å². The normalized spacial score (nSPS) is 19.7. The standard InChI is InChI=1S/C17H28N6O/c1-20(2)17-18-11-15(12-19-17)13-21-7-9-22(10-8-21)14-16(24)23-5-3-4-6-23/h11-12H,3-10,13-14H2,1-2H3. The molecule has 0 bridgehead atoms. The van der Waals surface area contributed by atoms with E-state index in [2.05, 4.69) is 19.8 Å². The number of hydrogen-bond acceptors (Lipinski definition) is 6. The summed E-state index contributed by atoms with van der Waals surface area (Å²) in [6, 6.07) is 0. The molecule has 1 aromatic rings. The number of amides is 1. The van der Waals surface area contributed by atoms with Crippen molar-refractivity contribution in [3.8, 4) is 0 Å². The van der Waals surface area contributed by atoms with Gasteiger partial charge in [-0.1, -0.05) is 0 Å². The van der Waals surface area contributed by atoms with Crippen LogP contribution in [0.5, 0.6) is 0 Å². The predicted molar refractivity (Wildman–Crippen MR) is 93.9 cm³/mol. The topological polar surface area (TPSA) is 55.8 Å². The van der Waals surface area contributed by atoms with Crippen LogP contribution in [-0.4, -0.2) is 90.5 Å². The van der Waals surface area contributed by atoms with Gasteiger partial charge < -0.3 is 9.80 Å². The van der Waals surface area contributed by atoms with Gasteiger partial charge in [0.25, 0.3) is 0 Å². The minimum absolute atomic E-state index is 0.300. The first kappa shape index (κ1) is 17.1. The molecule has 0 radical (unpaired) electrons. The minimum atomic E-state index is 0.300. The van der Waals surface area contributed by atoms with Crippen LogP contribution in [0.1, 0.15) is 18.4 Å². The lowest BCUT2D eigenvalue weighted by atomic mass is 10.2. The molecule has 0 aromatic carbocycles. The Kier molecular flexibility index (Phi) is 5.63. The molecule has 132 valence electrons. The quantitative estimate of drug-likeness (QED) is 0.772. The van der Waals surface area contributed by atoms with E-state index < -0.39 is 0 Å². The van der Waals surface area contributed by atoms with E-state index in [-0.39, 0.29) is 0 Å². The molecule has 0 N–H and O–H groups in total. The molecule has 2 aliphatic heterocycles. The Bertz CT molecular complexity index is 533. The second kappa shape index (κ2) is 7.90. The fraction of sp³-hybridized carbons (Fsp3) is 0.706. The third-order valence-electron chi connectivity index (χ3n) is 4.78. The molecule has 2 aliphatic rings. The summed E-state index contributed by atoms with van der Waals surface area (Å²) in [4.78, 5) is 29.6. The van der Waals surface area contributed by atoms with Crippen LogP contribution in [0.25, 0.3) is 0 Å². The van der Waals surface area contributed by atoms with Crippen LogP contribution in [0, 0.1) is 0 Å². The van der Waals surface area contributed by atoms with Crippen molar-refractivity contribution in [3.63, 3.8) is 0 Å². The zero-order chi connectivity index (χ0) is 16.9. The van der Waals surface area contributed by atoms with E-state index in [4.69, 9.17) is 0 Å². The highest BCUT2D eigenvalue weighted by molar-refractivity contribution is 5.78. The third-order valence-corrected chi connectivity index (χ3v) is 4.78. The van der Waals surface area contributed by atoms with Crippen LogP contribution in [0.15, 0.2) is 12.4 Å². The number of aromatic nitrogens is 2. The molecule has 0 unspecified atom stereocenters. The van der Waals surface area contributed by atoms with Gasteiger partial charge in [0.2, 0.25) is 11.9 Å². The molecule has 1 aromatic heterocycles. The highest BCUT2D eigenvalue weighted by Crippen LogP contribution is 2.11. The zero-order valence-corrected chi connectivity index (χ0v) is 14.8. The van der Waals surface area contributed by atoms with E-state index in [9.17, 15) is 4.79 Å². The molecule has 1 amide bonds. The van der Waals surface area contributed by atoms with Crippen molar-refractivity contribution in [1.29, 1.82) is 0 Å². The Labute approximate surface area is 144 Å². The Balaban J connectivity index is 1.42. The molecule has 3 rings (SSSR count). The van der Waals surface area contributed by atoms with Crippen LogP contribution in [-0.2, 0) is 11.3 Å². The van der Waals surface area contributed by atoms with E-state index in [1.165, 1.54) is 0 Å². The zero-order valence-electron chi connectivity index (χ0n) is 14.8. The largest absolute Gasteiger partial charge is 0.347 e. The highest BCUT2D eigenvalue weighted by atomic mass is 16.2. The van der Waals surface area contributed by atoms with E-state index in [1.807, 2.05) is 36.3 Å². The van der Waals surface area contributed by atoms with Crippen LogP contribution in [0.3, 0.4) is 0 Å². The molecule has 2 saturated heterocycles. The van der Waals surface area contributed by atoms with Gasteiger partial charge in [-0.2, -0.15) is 0 Å². The molecule has 0 saturated carbocycles. The molecule has 0 atom stereocenters. The van der Waals surface area contributed by atoms with Crippen molar-refractivity contribution in [2.45, 2.75) is 19.4 Å². The van der Waals surface area contributed by atoms with Gasteiger partial charge in [0.15, 0.2) is 0 Å². The number of rotatable bonds is 5. The Morgan fingerprint density at radius 2 is 1.58 bits per heavy atom. The van der Waals surface area contributed by atoms with Gasteiger partial charge in [-0.15, -0.1) is 0 Å². The van der Waals surface area contributed by atoms with Crippen molar-refractivity contribution in [2.24, 2.45) is 0 Å². The van der Waals surface area contributed by atoms with Gasteiger partial charge in [-0.3, -0.25) is 14.6 Å². The summed E-state index contributed by atoms with van der Waals surface area (Å²) < 4.78 is 0. The Morgan fingerprint density at radius 3 is 2.17 bits per heavy atom. The lowest BCUT2D eigenvalue weighted by molar-refractivity contribution is -0.131. The van der Waals surface area contributed by atoms with Gasteiger partial charge in [-0.25, -0.2) is 9.97 Å².